The first-order valence-corrected chi connectivity index (χ1v) is 5.90. The molecule has 0 atom stereocenters. The minimum atomic E-state index is -0.253. The van der Waals surface area contributed by atoms with Gasteiger partial charge in [-0.15, -0.1) is 0 Å². The summed E-state index contributed by atoms with van der Waals surface area (Å²) in [6, 6.07) is 12.7. The minimum Gasteiger partial charge on any atom is -0.484 e. The van der Waals surface area contributed by atoms with Crippen LogP contribution < -0.4 is 15.8 Å². The molecule has 0 saturated heterocycles. The van der Waals surface area contributed by atoms with E-state index in [4.69, 9.17) is 10.5 Å². The summed E-state index contributed by atoms with van der Waals surface area (Å²) >= 11 is 0. The molecule has 98 valence electrons. The number of nitrogens with two attached hydrogens (primary N) is 1. The molecular weight excluding hydrogens is 242 g/mol. The van der Waals surface area contributed by atoms with E-state index < -0.39 is 0 Å². The van der Waals surface area contributed by atoms with Crippen molar-refractivity contribution in [2.45, 2.75) is 6.54 Å². The van der Waals surface area contributed by atoms with E-state index in [0.29, 0.717) is 18.1 Å². The van der Waals surface area contributed by atoms with Crippen molar-refractivity contribution in [2.75, 3.05) is 11.9 Å². The quantitative estimate of drug-likeness (QED) is 0.852. The van der Waals surface area contributed by atoms with Crippen LogP contribution in [-0.4, -0.2) is 17.5 Å². The van der Waals surface area contributed by atoms with E-state index in [1.165, 1.54) is 0 Å². The van der Waals surface area contributed by atoms with Gasteiger partial charge in [0, 0.05) is 12.7 Å². The van der Waals surface area contributed by atoms with Crippen LogP contribution in [0.15, 0.2) is 48.7 Å². The van der Waals surface area contributed by atoms with Gasteiger partial charge in [-0.3, -0.25) is 4.79 Å². The number of hydrogen-bond acceptors (Lipinski definition) is 4. The number of hydrogen-bond donors (Lipinski definition) is 2. The Morgan fingerprint density at radius 2 is 2.00 bits per heavy atom. The minimum absolute atomic E-state index is 0.0513. The van der Waals surface area contributed by atoms with Crippen molar-refractivity contribution < 1.29 is 9.53 Å². The molecule has 0 fully saturated rings. The standard InChI is InChI=1S/C14H15N3O2/c15-8-11-6-7-13(16-9-11)17-14(18)10-19-12-4-2-1-3-5-12/h1-7,9H,8,10,15H2,(H,16,17,18). The van der Waals surface area contributed by atoms with Crippen LogP contribution >= 0.6 is 0 Å². The zero-order valence-electron chi connectivity index (χ0n) is 10.4. The van der Waals surface area contributed by atoms with E-state index in [0.717, 1.165) is 5.56 Å². The fourth-order valence-electron chi connectivity index (χ4n) is 1.46. The SMILES string of the molecule is NCc1ccc(NC(=O)COc2ccccc2)nc1. The summed E-state index contributed by atoms with van der Waals surface area (Å²) in [5, 5.41) is 2.65. The van der Waals surface area contributed by atoms with Crippen LogP contribution in [0.3, 0.4) is 0 Å². The Balaban J connectivity index is 1.83. The molecule has 0 bridgehead atoms. The number of nitrogens with zero attached hydrogens (tertiary/aromatic N) is 1. The number of aromatic nitrogens is 1. The van der Waals surface area contributed by atoms with E-state index in [1.807, 2.05) is 24.3 Å². The molecule has 0 aliphatic rings. The molecule has 2 aromatic rings. The molecule has 0 radical (unpaired) electrons. The van der Waals surface area contributed by atoms with Crippen molar-refractivity contribution in [3.63, 3.8) is 0 Å². The molecule has 1 aromatic heterocycles. The van der Waals surface area contributed by atoms with Gasteiger partial charge in [-0.1, -0.05) is 24.3 Å². The number of anilines is 1. The summed E-state index contributed by atoms with van der Waals surface area (Å²) in [7, 11) is 0. The smallest absolute Gasteiger partial charge is 0.263 e. The second kappa shape index (κ2) is 6.51. The Kier molecular flexibility index (Phi) is 4.47. The molecule has 5 heteroatoms. The lowest BCUT2D eigenvalue weighted by Crippen LogP contribution is -2.20. The maximum absolute atomic E-state index is 11.6. The largest absolute Gasteiger partial charge is 0.484 e. The first-order chi connectivity index (χ1) is 9.28. The summed E-state index contributed by atoms with van der Waals surface area (Å²) in [5.74, 6) is 0.889. The van der Waals surface area contributed by atoms with Gasteiger partial charge in [0.15, 0.2) is 6.61 Å². The van der Waals surface area contributed by atoms with Crippen LogP contribution in [0.25, 0.3) is 0 Å². The lowest BCUT2D eigenvalue weighted by Gasteiger charge is -2.07. The number of carbonyl (C=O) groups excluding carboxylic acids is 1. The van der Waals surface area contributed by atoms with E-state index >= 15 is 0 Å². The first kappa shape index (κ1) is 13.0. The Labute approximate surface area is 111 Å². The molecule has 1 aromatic carbocycles. The molecule has 1 amide bonds. The number of pyridine rings is 1. The van der Waals surface area contributed by atoms with E-state index in [-0.39, 0.29) is 12.5 Å². The Hall–Kier alpha value is -2.40. The van der Waals surface area contributed by atoms with Gasteiger partial charge in [-0.25, -0.2) is 4.98 Å². The molecule has 0 aliphatic heterocycles. The molecule has 0 aliphatic carbocycles. The van der Waals surface area contributed by atoms with Crippen LogP contribution in [0, 0.1) is 0 Å². The normalized spacial score (nSPS) is 9.95. The van der Waals surface area contributed by atoms with Crippen molar-refractivity contribution >= 4 is 11.7 Å². The highest BCUT2D eigenvalue weighted by Gasteiger charge is 2.04. The topological polar surface area (TPSA) is 77.2 Å². The second-order valence-electron chi connectivity index (χ2n) is 3.91. The summed E-state index contributed by atoms with van der Waals surface area (Å²) in [6.07, 6.45) is 1.63. The van der Waals surface area contributed by atoms with Gasteiger partial charge in [0.2, 0.25) is 0 Å². The van der Waals surface area contributed by atoms with Crippen molar-refractivity contribution in [1.29, 1.82) is 0 Å². The highest BCUT2D eigenvalue weighted by atomic mass is 16.5. The number of para-hydroxylation sites is 1. The summed E-state index contributed by atoms with van der Waals surface area (Å²) < 4.78 is 5.33. The third kappa shape index (κ3) is 4.08. The summed E-state index contributed by atoms with van der Waals surface area (Å²) in [5.41, 5.74) is 6.38. The number of benzene rings is 1. The fraction of sp³-hybridized carbons (Fsp3) is 0.143. The van der Waals surface area contributed by atoms with Crippen LogP contribution in [0.5, 0.6) is 5.75 Å². The molecule has 0 unspecified atom stereocenters. The Morgan fingerprint density at radius 1 is 1.21 bits per heavy atom. The third-order valence-corrected chi connectivity index (χ3v) is 2.44. The van der Waals surface area contributed by atoms with Gasteiger partial charge in [0.1, 0.15) is 11.6 Å². The highest BCUT2D eigenvalue weighted by molar-refractivity contribution is 5.90. The number of amides is 1. The van der Waals surface area contributed by atoms with Crippen molar-refractivity contribution in [2.24, 2.45) is 5.73 Å². The van der Waals surface area contributed by atoms with Gasteiger partial charge in [0.05, 0.1) is 0 Å². The summed E-state index contributed by atoms with van der Waals surface area (Å²) in [6.45, 7) is 0.378. The molecular formula is C14H15N3O2. The van der Waals surface area contributed by atoms with Gasteiger partial charge >= 0.3 is 0 Å². The maximum atomic E-state index is 11.6. The van der Waals surface area contributed by atoms with Crippen molar-refractivity contribution in [3.8, 4) is 5.75 Å². The predicted octanol–water partition coefficient (Wildman–Crippen LogP) is 1.56. The van der Waals surface area contributed by atoms with Crippen LogP contribution in [-0.2, 0) is 11.3 Å². The van der Waals surface area contributed by atoms with E-state index in [1.54, 1.807) is 24.4 Å². The average molecular weight is 257 g/mol. The molecule has 0 spiro atoms. The third-order valence-electron chi connectivity index (χ3n) is 2.44. The first-order valence-electron chi connectivity index (χ1n) is 5.90. The molecule has 0 saturated carbocycles. The van der Waals surface area contributed by atoms with Gasteiger partial charge < -0.3 is 15.8 Å². The lowest BCUT2D eigenvalue weighted by molar-refractivity contribution is -0.118. The van der Waals surface area contributed by atoms with E-state index in [2.05, 4.69) is 10.3 Å². The number of carbonyl (C=O) groups is 1. The zero-order chi connectivity index (χ0) is 13.5. The number of rotatable bonds is 5. The molecule has 2 rings (SSSR count). The van der Waals surface area contributed by atoms with Crippen LogP contribution in [0.1, 0.15) is 5.56 Å². The van der Waals surface area contributed by atoms with Crippen LogP contribution in [0.4, 0.5) is 5.82 Å². The van der Waals surface area contributed by atoms with E-state index in [9.17, 15) is 4.79 Å². The monoisotopic (exact) mass is 257 g/mol. The maximum Gasteiger partial charge on any atom is 0.263 e. The molecule has 3 N–H and O–H groups in total. The lowest BCUT2D eigenvalue weighted by atomic mass is 10.3. The zero-order valence-corrected chi connectivity index (χ0v) is 10.4. The number of ether oxygens (including phenoxy) is 1. The van der Waals surface area contributed by atoms with Crippen molar-refractivity contribution in [1.82, 2.24) is 4.98 Å². The van der Waals surface area contributed by atoms with Gasteiger partial charge in [-0.05, 0) is 23.8 Å². The second-order valence-corrected chi connectivity index (χ2v) is 3.91. The van der Waals surface area contributed by atoms with Gasteiger partial charge in [-0.2, -0.15) is 0 Å². The Bertz CT molecular complexity index is 526. The van der Waals surface area contributed by atoms with Crippen molar-refractivity contribution in [3.05, 3.63) is 54.2 Å². The average Bonchev–Trinajstić information content (AvgIpc) is 2.47. The molecule has 19 heavy (non-hydrogen) atoms. The molecule has 5 nitrogen and oxygen atoms in total. The molecule has 1 heterocycles. The fourth-order valence-corrected chi connectivity index (χ4v) is 1.46. The number of nitrogens with one attached hydrogen (secondary N) is 1. The van der Waals surface area contributed by atoms with Crippen LogP contribution in [0.2, 0.25) is 0 Å². The van der Waals surface area contributed by atoms with Gasteiger partial charge in [0.25, 0.3) is 5.91 Å². The summed E-state index contributed by atoms with van der Waals surface area (Å²) in [4.78, 5) is 15.7. The Morgan fingerprint density at radius 3 is 2.63 bits per heavy atom. The highest BCUT2D eigenvalue weighted by Crippen LogP contribution is 2.08. The predicted molar refractivity (Wildman–Crippen MR) is 72.7 cm³/mol.